The molecular weight excluding hydrogens is 332 g/mol. The summed E-state index contributed by atoms with van der Waals surface area (Å²) >= 11 is 0. The zero-order chi connectivity index (χ0) is 19.2. The van der Waals surface area contributed by atoms with Crippen LogP contribution in [-0.4, -0.2) is 23.9 Å². The van der Waals surface area contributed by atoms with Crippen LogP contribution >= 0.6 is 0 Å². The van der Waals surface area contributed by atoms with E-state index in [1.807, 2.05) is 24.3 Å². The lowest BCUT2D eigenvalue weighted by Gasteiger charge is -2.22. The number of amides is 1. The van der Waals surface area contributed by atoms with Gasteiger partial charge in [0.2, 0.25) is 5.91 Å². The molecule has 0 atom stereocenters. The minimum atomic E-state index is 0.0531. The number of carbonyl (C=O) groups is 1. The van der Waals surface area contributed by atoms with Crippen LogP contribution in [0.4, 0.5) is 0 Å². The van der Waals surface area contributed by atoms with Crippen molar-refractivity contribution in [3.05, 3.63) is 83.4 Å². The summed E-state index contributed by atoms with van der Waals surface area (Å²) in [6.07, 6.45) is 0.402. The number of hydrogen-bond donors (Lipinski definition) is 1. The average Bonchev–Trinajstić information content (AvgIpc) is 2.67. The van der Waals surface area contributed by atoms with Crippen molar-refractivity contribution in [2.24, 2.45) is 0 Å². The van der Waals surface area contributed by atoms with E-state index in [9.17, 15) is 4.79 Å². The van der Waals surface area contributed by atoms with E-state index in [2.05, 4.69) is 73.6 Å². The molecule has 0 saturated carbocycles. The van der Waals surface area contributed by atoms with Crippen LogP contribution in [0.25, 0.3) is 10.8 Å². The first-order valence-electron chi connectivity index (χ1n) is 9.54. The molecule has 3 nitrogen and oxygen atoms in total. The molecule has 0 bridgehead atoms. The smallest absolute Gasteiger partial charge is 0.224 e. The van der Waals surface area contributed by atoms with Crippen molar-refractivity contribution in [3.63, 3.8) is 0 Å². The summed E-state index contributed by atoms with van der Waals surface area (Å²) in [5, 5.41) is 5.45. The second-order valence-electron chi connectivity index (χ2n) is 7.41. The molecule has 3 aromatic carbocycles. The third kappa shape index (κ3) is 5.18. The molecule has 0 aliphatic rings. The average molecular weight is 361 g/mol. The van der Waals surface area contributed by atoms with Crippen LogP contribution in [-0.2, 0) is 24.3 Å². The Kier molecular flexibility index (Phi) is 6.25. The highest BCUT2D eigenvalue weighted by Crippen LogP contribution is 2.16. The monoisotopic (exact) mass is 360 g/mol. The summed E-state index contributed by atoms with van der Waals surface area (Å²) < 4.78 is 0. The molecule has 0 heterocycles. The van der Waals surface area contributed by atoms with Gasteiger partial charge in [-0.25, -0.2) is 0 Å². The van der Waals surface area contributed by atoms with Crippen molar-refractivity contribution in [2.45, 2.75) is 39.4 Å². The van der Waals surface area contributed by atoms with E-state index in [1.54, 1.807) is 0 Å². The lowest BCUT2D eigenvalue weighted by molar-refractivity contribution is -0.120. The maximum Gasteiger partial charge on any atom is 0.224 e. The molecule has 3 heteroatoms. The molecule has 0 saturated heterocycles. The van der Waals surface area contributed by atoms with Gasteiger partial charge < -0.3 is 5.32 Å². The zero-order valence-corrected chi connectivity index (χ0v) is 16.4. The summed E-state index contributed by atoms with van der Waals surface area (Å²) in [7, 11) is 2.12. The number of fused-ring (bicyclic) bond motifs is 1. The number of nitrogens with one attached hydrogen (secondary N) is 1. The van der Waals surface area contributed by atoms with Crippen LogP contribution in [0.2, 0.25) is 0 Å². The molecule has 0 aliphatic carbocycles. The maximum atomic E-state index is 12.4. The van der Waals surface area contributed by atoms with E-state index in [0.29, 0.717) is 19.0 Å². The second kappa shape index (κ2) is 8.83. The lowest BCUT2D eigenvalue weighted by atomic mass is 10.0. The van der Waals surface area contributed by atoms with Crippen molar-refractivity contribution >= 4 is 16.7 Å². The Morgan fingerprint density at radius 1 is 0.926 bits per heavy atom. The second-order valence-corrected chi connectivity index (χ2v) is 7.41. The van der Waals surface area contributed by atoms with Crippen LogP contribution < -0.4 is 5.32 Å². The van der Waals surface area contributed by atoms with Crippen LogP contribution in [0, 0.1) is 0 Å². The van der Waals surface area contributed by atoms with Gasteiger partial charge in [-0.05, 0) is 48.4 Å². The summed E-state index contributed by atoms with van der Waals surface area (Å²) in [5.74, 6) is 0.0531. The molecule has 0 fully saturated rings. The normalized spacial score (nSPS) is 11.3. The first kappa shape index (κ1) is 19.1. The summed E-state index contributed by atoms with van der Waals surface area (Å²) in [6.45, 7) is 5.82. The summed E-state index contributed by atoms with van der Waals surface area (Å²) in [5.41, 5.74) is 3.48. The van der Waals surface area contributed by atoms with Gasteiger partial charge in [-0.3, -0.25) is 9.69 Å². The summed E-state index contributed by atoms with van der Waals surface area (Å²) in [4.78, 5) is 14.7. The van der Waals surface area contributed by atoms with Crippen molar-refractivity contribution in [3.8, 4) is 0 Å². The molecule has 140 valence electrons. The van der Waals surface area contributed by atoms with Gasteiger partial charge in [-0.15, -0.1) is 0 Å². The van der Waals surface area contributed by atoms with Crippen molar-refractivity contribution in [2.75, 3.05) is 7.05 Å². The van der Waals surface area contributed by atoms with E-state index in [1.165, 1.54) is 21.9 Å². The third-order valence-electron chi connectivity index (χ3n) is 5.07. The Morgan fingerprint density at radius 3 is 2.33 bits per heavy atom. The molecule has 0 aliphatic heterocycles. The number of carbonyl (C=O) groups excluding carboxylic acids is 1. The molecule has 27 heavy (non-hydrogen) atoms. The molecule has 1 amide bonds. The van der Waals surface area contributed by atoms with Crippen molar-refractivity contribution in [1.82, 2.24) is 10.2 Å². The van der Waals surface area contributed by atoms with Crippen LogP contribution in [0.1, 0.15) is 30.5 Å². The Morgan fingerprint density at radius 2 is 1.59 bits per heavy atom. The van der Waals surface area contributed by atoms with Crippen LogP contribution in [0.3, 0.4) is 0 Å². The Labute approximate surface area is 162 Å². The van der Waals surface area contributed by atoms with E-state index in [4.69, 9.17) is 0 Å². The number of nitrogens with zero attached hydrogens (tertiary/aromatic N) is 1. The number of benzene rings is 3. The van der Waals surface area contributed by atoms with Crippen LogP contribution in [0.15, 0.2) is 66.7 Å². The van der Waals surface area contributed by atoms with Gasteiger partial charge in [-0.2, -0.15) is 0 Å². The third-order valence-corrected chi connectivity index (χ3v) is 5.07. The first-order valence-corrected chi connectivity index (χ1v) is 9.54. The minimum Gasteiger partial charge on any atom is -0.352 e. The highest BCUT2D eigenvalue weighted by Gasteiger charge is 2.10. The SMILES string of the molecule is CC(C)N(C)Cc1ccccc1CNC(=O)Cc1ccc2ccccc2c1. The standard InChI is InChI=1S/C24H28N2O/c1-18(2)26(3)17-23-11-7-6-10-22(23)16-25-24(27)15-19-12-13-20-8-4-5-9-21(20)14-19/h4-14,18H,15-17H2,1-3H3,(H,25,27). The van der Waals surface area contributed by atoms with Gasteiger partial charge in [0.15, 0.2) is 0 Å². The first-order chi connectivity index (χ1) is 13.0. The highest BCUT2D eigenvalue weighted by atomic mass is 16.1. The summed E-state index contributed by atoms with van der Waals surface area (Å²) in [6, 6.07) is 23.3. The topological polar surface area (TPSA) is 32.3 Å². The lowest BCUT2D eigenvalue weighted by Crippen LogP contribution is -2.28. The van der Waals surface area contributed by atoms with Crippen molar-refractivity contribution in [1.29, 1.82) is 0 Å². The fourth-order valence-electron chi connectivity index (χ4n) is 3.13. The predicted octanol–water partition coefficient (Wildman–Crippen LogP) is 4.54. The zero-order valence-electron chi connectivity index (χ0n) is 16.4. The molecule has 3 aromatic rings. The molecule has 0 aromatic heterocycles. The Balaban J connectivity index is 1.62. The van der Waals surface area contributed by atoms with Gasteiger partial charge in [-0.1, -0.05) is 66.7 Å². The number of hydrogen-bond acceptors (Lipinski definition) is 2. The van der Waals surface area contributed by atoms with E-state index in [-0.39, 0.29) is 5.91 Å². The van der Waals surface area contributed by atoms with Gasteiger partial charge in [0.25, 0.3) is 0 Å². The molecular formula is C24H28N2O. The Hall–Kier alpha value is -2.65. The largest absolute Gasteiger partial charge is 0.352 e. The minimum absolute atomic E-state index is 0.0531. The molecule has 0 unspecified atom stereocenters. The molecule has 1 N–H and O–H groups in total. The van der Waals surface area contributed by atoms with Crippen LogP contribution in [0.5, 0.6) is 0 Å². The fourth-order valence-corrected chi connectivity index (χ4v) is 3.13. The van der Waals surface area contributed by atoms with E-state index < -0.39 is 0 Å². The number of rotatable bonds is 7. The quantitative estimate of drug-likeness (QED) is 0.671. The molecule has 3 rings (SSSR count). The van der Waals surface area contributed by atoms with E-state index >= 15 is 0 Å². The fraction of sp³-hybridized carbons (Fsp3) is 0.292. The highest BCUT2D eigenvalue weighted by molar-refractivity contribution is 5.85. The van der Waals surface area contributed by atoms with E-state index in [0.717, 1.165) is 12.1 Å². The van der Waals surface area contributed by atoms with Gasteiger partial charge in [0.1, 0.15) is 0 Å². The molecule has 0 spiro atoms. The van der Waals surface area contributed by atoms with Gasteiger partial charge in [0, 0.05) is 19.1 Å². The predicted molar refractivity (Wildman–Crippen MR) is 113 cm³/mol. The Bertz CT molecular complexity index is 917. The van der Waals surface area contributed by atoms with Gasteiger partial charge in [0.05, 0.1) is 6.42 Å². The molecule has 0 radical (unpaired) electrons. The van der Waals surface area contributed by atoms with Gasteiger partial charge >= 0.3 is 0 Å². The van der Waals surface area contributed by atoms with Crippen molar-refractivity contribution < 1.29 is 4.79 Å². The maximum absolute atomic E-state index is 12.4.